The Morgan fingerprint density at radius 3 is 2.39 bits per heavy atom. The molecule has 10 atom stereocenters. The molecule has 7 aliphatic rings. The fourth-order valence-electron chi connectivity index (χ4n) is 9.54. The molecule has 0 aromatic carbocycles. The predicted octanol–water partition coefficient (Wildman–Crippen LogP) is 0.973. The van der Waals surface area contributed by atoms with E-state index in [1.807, 2.05) is 27.7 Å². The highest BCUT2D eigenvalue weighted by Gasteiger charge is 2.90. The van der Waals surface area contributed by atoms with Crippen molar-refractivity contribution in [1.29, 1.82) is 0 Å². The number of aliphatic hydroxyl groups excluding tert-OH is 1. The second kappa shape index (κ2) is 6.39. The lowest BCUT2D eigenvalue weighted by molar-refractivity contribution is -0.223. The van der Waals surface area contributed by atoms with Crippen LogP contribution in [0.4, 0.5) is 0 Å². The maximum absolute atomic E-state index is 14.3. The molecule has 5 aliphatic heterocycles. The quantitative estimate of drug-likeness (QED) is 0.314. The van der Waals surface area contributed by atoms with Crippen LogP contribution in [0.3, 0.4) is 0 Å². The number of cyclic esters (lactones) is 3. The van der Waals surface area contributed by atoms with Gasteiger partial charge in [0.15, 0.2) is 6.10 Å². The Morgan fingerprint density at radius 1 is 0.944 bits per heavy atom. The average Bonchev–Trinajstić information content (AvgIpc) is 3.43. The van der Waals surface area contributed by atoms with Crippen LogP contribution in [0.5, 0.6) is 0 Å². The lowest BCUT2D eigenvalue weighted by Gasteiger charge is -2.65. The first-order valence-corrected chi connectivity index (χ1v) is 12.7. The Kier molecular flexibility index (Phi) is 4.06. The smallest absolute Gasteiger partial charge is 0.339 e. The highest BCUT2D eigenvalue weighted by molar-refractivity contribution is 5.94. The van der Waals surface area contributed by atoms with Crippen LogP contribution in [-0.2, 0) is 42.9 Å². The average molecular weight is 503 g/mol. The molecule has 0 bridgehead atoms. The third kappa shape index (κ3) is 2.23. The van der Waals surface area contributed by atoms with Crippen LogP contribution in [0.1, 0.15) is 53.4 Å². The van der Waals surface area contributed by atoms with Crippen molar-refractivity contribution in [2.24, 2.45) is 28.1 Å². The molecule has 194 valence electrons. The first kappa shape index (κ1) is 22.9. The van der Waals surface area contributed by atoms with Gasteiger partial charge in [-0.05, 0) is 39.5 Å². The van der Waals surface area contributed by atoms with E-state index in [-0.39, 0.29) is 48.6 Å². The summed E-state index contributed by atoms with van der Waals surface area (Å²) in [6, 6.07) is 0. The Balaban J connectivity index is 1.39. The van der Waals surface area contributed by atoms with E-state index in [1.54, 1.807) is 0 Å². The van der Waals surface area contributed by atoms with E-state index in [9.17, 15) is 24.3 Å². The van der Waals surface area contributed by atoms with Crippen molar-refractivity contribution >= 4 is 23.7 Å². The molecule has 0 aromatic heterocycles. The third-order valence-electron chi connectivity index (χ3n) is 11.0. The number of fused-ring (bicyclic) bond motifs is 1. The number of esters is 3. The predicted molar refractivity (Wildman–Crippen MR) is 117 cm³/mol. The van der Waals surface area contributed by atoms with Crippen LogP contribution in [0.2, 0.25) is 0 Å². The van der Waals surface area contributed by atoms with Gasteiger partial charge in [0.1, 0.15) is 24.1 Å². The van der Waals surface area contributed by atoms with Gasteiger partial charge in [-0.3, -0.25) is 9.59 Å². The number of rotatable bonds is 1. The molecule has 6 fully saturated rings. The zero-order chi connectivity index (χ0) is 25.6. The van der Waals surface area contributed by atoms with Crippen molar-refractivity contribution < 1.29 is 48.0 Å². The van der Waals surface area contributed by atoms with Gasteiger partial charge in [0.25, 0.3) is 0 Å². The summed E-state index contributed by atoms with van der Waals surface area (Å²) in [6.07, 6.45) is -1.25. The normalized spacial score (nSPS) is 54.1. The van der Waals surface area contributed by atoms with Gasteiger partial charge in [-0.1, -0.05) is 6.92 Å². The van der Waals surface area contributed by atoms with Crippen molar-refractivity contribution in [2.45, 2.75) is 89.2 Å². The zero-order valence-corrected chi connectivity index (χ0v) is 20.7. The molecule has 0 radical (unpaired) electrons. The molecular weight excluding hydrogens is 472 g/mol. The summed E-state index contributed by atoms with van der Waals surface area (Å²) in [5, 5.41) is 10.4. The van der Waals surface area contributed by atoms with Crippen LogP contribution in [0.25, 0.3) is 0 Å². The second-order valence-electron chi connectivity index (χ2n) is 12.6. The van der Waals surface area contributed by atoms with E-state index in [0.29, 0.717) is 12.8 Å². The molecule has 2 saturated carbocycles. The largest absolute Gasteiger partial charge is 0.465 e. The summed E-state index contributed by atoms with van der Waals surface area (Å²) >= 11 is 0. The summed E-state index contributed by atoms with van der Waals surface area (Å²) in [6.45, 7) is 7.90. The maximum Gasteiger partial charge on any atom is 0.339 e. The number of ketones is 1. The van der Waals surface area contributed by atoms with Crippen LogP contribution < -0.4 is 0 Å². The summed E-state index contributed by atoms with van der Waals surface area (Å²) in [4.78, 5) is 51.7. The number of hydrogen-bond donors (Lipinski definition) is 1. The summed E-state index contributed by atoms with van der Waals surface area (Å²) < 4.78 is 29.1. The minimum atomic E-state index is -1.53. The lowest BCUT2D eigenvalue weighted by atomic mass is 9.37. The molecule has 10 heteroatoms. The first-order valence-electron chi connectivity index (χ1n) is 12.7. The Bertz CT molecular complexity index is 1170. The fraction of sp³-hybridized carbons (Fsp3) is 0.769. The Hall–Kier alpha value is -2.30. The van der Waals surface area contributed by atoms with Crippen LogP contribution in [0.15, 0.2) is 11.6 Å². The van der Waals surface area contributed by atoms with Gasteiger partial charge < -0.3 is 28.8 Å². The van der Waals surface area contributed by atoms with E-state index in [4.69, 9.17) is 23.7 Å². The number of carbonyl (C=O) groups excluding carboxylic acids is 4. The number of aliphatic hydroxyl groups is 1. The monoisotopic (exact) mass is 502 g/mol. The number of carbonyl (C=O) groups is 4. The van der Waals surface area contributed by atoms with Crippen molar-refractivity contribution in [3.05, 3.63) is 11.6 Å². The minimum absolute atomic E-state index is 0.00694. The van der Waals surface area contributed by atoms with Crippen molar-refractivity contribution in [3.8, 4) is 0 Å². The summed E-state index contributed by atoms with van der Waals surface area (Å²) in [5.74, 6) is -2.06. The fourth-order valence-corrected chi connectivity index (χ4v) is 9.54. The van der Waals surface area contributed by atoms with Gasteiger partial charge in [0, 0.05) is 34.8 Å². The molecule has 10 nitrogen and oxygen atoms in total. The van der Waals surface area contributed by atoms with Crippen molar-refractivity contribution in [2.75, 3.05) is 6.61 Å². The molecule has 5 heterocycles. The van der Waals surface area contributed by atoms with Gasteiger partial charge in [-0.15, -0.1) is 0 Å². The van der Waals surface area contributed by atoms with Gasteiger partial charge >= 0.3 is 17.9 Å². The van der Waals surface area contributed by atoms with Gasteiger partial charge in [0.05, 0.1) is 23.5 Å². The van der Waals surface area contributed by atoms with E-state index in [1.165, 1.54) is 6.08 Å². The highest BCUT2D eigenvalue weighted by atomic mass is 16.7. The van der Waals surface area contributed by atoms with E-state index < -0.39 is 64.0 Å². The maximum atomic E-state index is 14.3. The highest BCUT2D eigenvalue weighted by Crippen LogP contribution is 2.78. The molecule has 7 rings (SSSR count). The molecule has 2 spiro atoms. The Labute approximate surface area is 207 Å². The van der Waals surface area contributed by atoms with Gasteiger partial charge in [0.2, 0.25) is 6.29 Å². The molecule has 0 amide bonds. The topological polar surface area (TPSA) is 138 Å². The van der Waals surface area contributed by atoms with Crippen LogP contribution in [-0.4, -0.2) is 71.2 Å². The lowest BCUT2D eigenvalue weighted by Crippen LogP contribution is -2.74. The number of ether oxygens (including phenoxy) is 5. The third-order valence-corrected chi connectivity index (χ3v) is 11.0. The number of hydrogen-bond acceptors (Lipinski definition) is 10. The second-order valence-corrected chi connectivity index (χ2v) is 12.6. The molecular formula is C26H30O10. The summed E-state index contributed by atoms with van der Waals surface area (Å²) in [7, 11) is 0. The minimum Gasteiger partial charge on any atom is -0.465 e. The van der Waals surface area contributed by atoms with Gasteiger partial charge in [-0.2, -0.15) is 0 Å². The van der Waals surface area contributed by atoms with E-state index in [0.717, 1.165) is 0 Å². The molecule has 0 aromatic rings. The number of Topliss-reactive ketones (excluding diaryl/α,β-unsaturated/α-hetero) is 1. The zero-order valence-electron chi connectivity index (χ0n) is 20.7. The standard InChI is InChI=1S/C26H30O10/c1-22(2)13-8-14(27)24(4)12(25(13)10-32-16(28)9-15(25)35-22)5-6-23(3)18(11-7-17(29)33-20(11)30)34-21(31)19-26(23,24)36-19/h7,12-13,15,18-20,30H,5-6,8-10H2,1-4H3/t12-,13-,15-,18-,19+,20?,23-,24-,25-,26-/m0/s1. The van der Waals surface area contributed by atoms with E-state index in [2.05, 4.69) is 0 Å². The Morgan fingerprint density at radius 2 is 1.69 bits per heavy atom. The van der Waals surface area contributed by atoms with Crippen molar-refractivity contribution in [3.63, 3.8) is 0 Å². The van der Waals surface area contributed by atoms with E-state index >= 15 is 0 Å². The molecule has 2 aliphatic carbocycles. The van der Waals surface area contributed by atoms with Gasteiger partial charge in [-0.25, -0.2) is 9.59 Å². The summed E-state index contributed by atoms with van der Waals surface area (Å²) in [5.41, 5.74) is -4.23. The molecule has 4 saturated heterocycles. The SMILES string of the molecule is CC1(C)O[C@H]2CC(=O)OC[C@@]23[C@H]2CC[C@@]4(C)[C@H](C5=CC(=O)OC5O)OC(=O)[C@H]5O[C@@]54[C@]2(C)C(=O)C[C@@H]13. The first-order chi connectivity index (χ1) is 16.8. The van der Waals surface area contributed by atoms with Crippen LogP contribution in [0, 0.1) is 28.1 Å². The van der Waals surface area contributed by atoms with Crippen molar-refractivity contribution in [1.82, 2.24) is 0 Å². The molecule has 1 unspecified atom stereocenters. The molecule has 36 heavy (non-hydrogen) atoms. The number of epoxide rings is 1. The molecule has 1 N–H and O–H groups in total. The van der Waals surface area contributed by atoms with Crippen LogP contribution >= 0.6 is 0 Å².